The van der Waals surface area contributed by atoms with Crippen LogP contribution in [0, 0.1) is 11.3 Å². The lowest BCUT2D eigenvalue weighted by atomic mass is 10.1. The van der Waals surface area contributed by atoms with Gasteiger partial charge in [0.25, 0.3) is 5.91 Å². The van der Waals surface area contributed by atoms with Crippen molar-refractivity contribution in [2.24, 2.45) is 0 Å². The van der Waals surface area contributed by atoms with Crippen LogP contribution in [0.5, 0.6) is 11.5 Å². The number of piperazine rings is 1. The zero-order chi connectivity index (χ0) is 19.2. The van der Waals surface area contributed by atoms with Crippen molar-refractivity contribution in [1.82, 2.24) is 9.80 Å². The second-order valence-electron chi connectivity index (χ2n) is 6.45. The molecule has 0 N–H and O–H groups in total. The number of carbonyl (C=O) groups excluding carboxylic acids is 1. The molecular weight excluding hydrogens is 342 g/mol. The fourth-order valence-electron chi connectivity index (χ4n) is 3.26. The minimum atomic E-state index is 0.00193. The lowest BCUT2D eigenvalue weighted by molar-refractivity contribution is 0.0628. The van der Waals surface area contributed by atoms with E-state index in [1.165, 1.54) is 0 Å². The second kappa shape index (κ2) is 8.56. The zero-order valence-electron chi connectivity index (χ0n) is 15.6. The molecule has 1 aliphatic rings. The van der Waals surface area contributed by atoms with Gasteiger partial charge in [0.1, 0.15) is 0 Å². The van der Waals surface area contributed by atoms with Crippen molar-refractivity contribution in [2.45, 2.75) is 6.54 Å². The van der Waals surface area contributed by atoms with E-state index in [0.717, 1.165) is 25.2 Å². The molecule has 0 saturated carbocycles. The summed E-state index contributed by atoms with van der Waals surface area (Å²) in [5, 5.41) is 9.02. The molecule has 1 fully saturated rings. The highest BCUT2D eigenvalue weighted by Crippen LogP contribution is 2.28. The van der Waals surface area contributed by atoms with Gasteiger partial charge in [-0.1, -0.05) is 12.1 Å². The lowest BCUT2D eigenvalue weighted by Gasteiger charge is -2.35. The van der Waals surface area contributed by atoms with Crippen LogP contribution in [0.1, 0.15) is 21.5 Å². The van der Waals surface area contributed by atoms with E-state index in [2.05, 4.69) is 11.0 Å². The van der Waals surface area contributed by atoms with Gasteiger partial charge in [0, 0.05) is 38.3 Å². The molecule has 6 heteroatoms. The third kappa shape index (κ3) is 4.39. The Morgan fingerprint density at radius 3 is 2.44 bits per heavy atom. The summed E-state index contributed by atoms with van der Waals surface area (Å²) < 4.78 is 10.5. The summed E-state index contributed by atoms with van der Waals surface area (Å²) in [6.07, 6.45) is 0. The number of carbonyl (C=O) groups is 1. The SMILES string of the molecule is COc1ccc(C(=O)N2CCN(Cc3cccc(C#N)c3)CC2)cc1OC. The van der Waals surface area contributed by atoms with Crippen LogP contribution in [0.25, 0.3) is 0 Å². The molecule has 3 rings (SSSR count). The van der Waals surface area contributed by atoms with E-state index >= 15 is 0 Å². The molecule has 27 heavy (non-hydrogen) atoms. The van der Waals surface area contributed by atoms with Crippen molar-refractivity contribution in [2.75, 3.05) is 40.4 Å². The van der Waals surface area contributed by atoms with Crippen LogP contribution in [-0.4, -0.2) is 56.1 Å². The first kappa shape index (κ1) is 18.7. The molecule has 0 bridgehead atoms. The topological polar surface area (TPSA) is 65.8 Å². The Morgan fingerprint density at radius 1 is 1.04 bits per heavy atom. The van der Waals surface area contributed by atoms with E-state index in [1.807, 2.05) is 29.2 Å². The number of rotatable bonds is 5. The van der Waals surface area contributed by atoms with Crippen LogP contribution in [-0.2, 0) is 6.54 Å². The summed E-state index contributed by atoms with van der Waals surface area (Å²) in [7, 11) is 3.14. The highest BCUT2D eigenvalue weighted by molar-refractivity contribution is 5.95. The Hall–Kier alpha value is -3.04. The number of nitriles is 1. The van der Waals surface area contributed by atoms with E-state index in [0.29, 0.717) is 35.7 Å². The molecule has 6 nitrogen and oxygen atoms in total. The maximum Gasteiger partial charge on any atom is 0.254 e. The molecule has 0 aliphatic carbocycles. The Bertz CT molecular complexity index is 852. The third-order valence-electron chi connectivity index (χ3n) is 4.75. The quantitative estimate of drug-likeness (QED) is 0.815. The van der Waals surface area contributed by atoms with Gasteiger partial charge in [0.15, 0.2) is 11.5 Å². The molecule has 0 spiro atoms. The van der Waals surface area contributed by atoms with E-state index < -0.39 is 0 Å². The molecule has 0 radical (unpaired) electrons. The number of hydrogen-bond acceptors (Lipinski definition) is 5. The molecule has 140 valence electrons. The summed E-state index contributed by atoms with van der Waals surface area (Å²) in [5.74, 6) is 1.17. The van der Waals surface area contributed by atoms with Crippen LogP contribution >= 0.6 is 0 Å². The smallest absolute Gasteiger partial charge is 0.254 e. The van der Waals surface area contributed by atoms with Gasteiger partial charge in [-0.3, -0.25) is 9.69 Å². The van der Waals surface area contributed by atoms with Crippen LogP contribution < -0.4 is 9.47 Å². The summed E-state index contributed by atoms with van der Waals surface area (Å²) in [5.41, 5.74) is 2.39. The van der Waals surface area contributed by atoms with Crippen LogP contribution in [0.3, 0.4) is 0 Å². The monoisotopic (exact) mass is 365 g/mol. The second-order valence-corrected chi connectivity index (χ2v) is 6.45. The number of methoxy groups -OCH3 is 2. The summed E-state index contributed by atoms with van der Waals surface area (Å²) in [6, 6.07) is 15.1. The van der Waals surface area contributed by atoms with Gasteiger partial charge in [0.2, 0.25) is 0 Å². The number of benzene rings is 2. The van der Waals surface area contributed by atoms with Crippen molar-refractivity contribution in [3.8, 4) is 17.6 Å². The predicted molar refractivity (Wildman–Crippen MR) is 102 cm³/mol. The standard InChI is InChI=1S/C21H23N3O3/c1-26-19-7-6-18(13-20(19)27-2)21(25)24-10-8-23(9-11-24)15-17-5-3-4-16(12-17)14-22/h3-7,12-13H,8-11,15H2,1-2H3. The van der Waals surface area contributed by atoms with Crippen LogP contribution in [0.2, 0.25) is 0 Å². The Balaban J connectivity index is 1.60. The van der Waals surface area contributed by atoms with Gasteiger partial charge in [-0.05, 0) is 35.9 Å². The maximum absolute atomic E-state index is 12.8. The molecule has 0 atom stereocenters. The molecule has 0 aromatic heterocycles. The molecular formula is C21H23N3O3. The molecule has 1 aliphatic heterocycles. The highest BCUT2D eigenvalue weighted by atomic mass is 16.5. The number of ether oxygens (including phenoxy) is 2. The highest BCUT2D eigenvalue weighted by Gasteiger charge is 2.23. The molecule has 1 heterocycles. The summed E-state index contributed by atoms with van der Waals surface area (Å²) in [6.45, 7) is 3.73. The third-order valence-corrected chi connectivity index (χ3v) is 4.75. The van der Waals surface area contributed by atoms with Crippen LogP contribution in [0.15, 0.2) is 42.5 Å². The van der Waals surface area contributed by atoms with E-state index in [1.54, 1.807) is 32.4 Å². The van der Waals surface area contributed by atoms with Crippen molar-refractivity contribution in [3.05, 3.63) is 59.2 Å². The van der Waals surface area contributed by atoms with Crippen molar-refractivity contribution < 1.29 is 14.3 Å². The summed E-state index contributed by atoms with van der Waals surface area (Å²) >= 11 is 0. The Labute approximate surface area is 159 Å². The van der Waals surface area contributed by atoms with Crippen molar-refractivity contribution >= 4 is 5.91 Å². The molecule has 0 unspecified atom stereocenters. The number of nitrogens with zero attached hydrogens (tertiary/aromatic N) is 3. The first-order chi connectivity index (χ1) is 13.1. The van der Waals surface area contributed by atoms with Gasteiger partial charge in [0.05, 0.1) is 25.9 Å². The van der Waals surface area contributed by atoms with E-state index in [4.69, 9.17) is 14.7 Å². The van der Waals surface area contributed by atoms with Gasteiger partial charge in [-0.25, -0.2) is 0 Å². The van der Waals surface area contributed by atoms with Crippen LogP contribution in [0.4, 0.5) is 0 Å². The van der Waals surface area contributed by atoms with Gasteiger partial charge >= 0.3 is 0 Å². The lowest BCUT2D eigenvalue weighted by Crippen LogP contribution is -2.48. The fraction of sp³-hybridized carbons (Fsp3) is 0.333. The predicted octanol–water partition coefficient (Wildman–Crippen LogP) is 2.53. The largest absolute Gasteiger partial charge is 0.493 e. The Kier molecular flexibility index (Phi) is 5.94. The zero-order valence-corrected chi connectivity index (χ0v) is 15.6. The first-order valence-electron chi connectivity index (χ1n) is 8.87. The number of hydrogen-bond donors (Lipinski definition) is 0. The number of amides is 1. The maximum atomic E-state index is 12.8. The van der Waals surface area contributed by atoms with E-state index in [-0.39, 0.29) is 5.91 Å². The average molecular weight is 365 g/mol. The normalized spacial score (nSPS) is 14.5. The summed E-state index contributed by atoms with van der Waals surface area (Å²) in [4.78, 5) is 17.0. The first-order valence-corrected chi connectivity index (χ1v) is 8.87. The van der Waals surface area contributed by atoms with Gasteiger partial charge < -0.3 is 14.4 Å². The minimum Gasteiger partial charge on any atom is -0.493 e. The minimum absolute atomic E-state index is 0.00193. The van der Waals surface area contributed by atoms with Gasteiger partial charge in [-0.15, -0.1) is 0 Å². The molecule has 1 saturated heterocycles. The Morgan fingerprint density at radius 2 is 1.78 bits per heavy atom. The van der Waals surface area contributed by atoms with E-state index in [9.17, 15) is 4.79 Å². The molecule has 1 amide bonds. The van der Waals surface area contributed by atoms with Gasteiger partial charge in [-0.2, -0.15) is 5.26 Å². The van der Waals surface area contributed by atoms with Crippen molar-refractivity contribution in [1.29, 1.82) is 5.26 Å². The molecule has 2 aromatic rings. The molecule has 2 aromatic carbocycles. The van der Waals surface area contributed by atoms with Crippen molar-refractivity contribution in [3.63, 3.8) is 0 Å². The average Bonchev–Trinajstić information content (AvgIpc) is 2.73. The fourth-order valence-corrected chi connectivity index (χ4v) is 3.26.